The molecule has 0 saturated carbocycles. The van der Waals surface area contributed by atoms with Gasteiger partial charge in [0.2, 0.25) is 5.91 Å². The Hall–Kier alpha value is -14.7. The SMILES string of the molecule is COc1ccccc1NC(=O)c1nc(-c2ccc(C(=O)N(C)C)cc2)cnc1C.COc1ccccc1NC(=O)c1nc(-c2ccc3[nH]ccc3c2)cnc1N.COc1ccccc1NC(=O)c1nc(-c2cccc(C(N)=O)c2)cnc1C.COc1ccccc1NC(=O)c1nc(-c2ccco2)cnc1N.[HH].[HH].[HH].[HH].[HH].[HH].[HH].[HH].[HH].[HH]. The van der Waals surface area contributed by atoms with Crippen LogP contribution in [0.4, 0.5) is 34.4 Å². The number of methoxy groups -OCH3 is 4. The van der Waals surface area contributed by atoms with Gasteiger partial charge in [0.05, 0.1) is 111 Å². The second kappa shape index (κ2) is 34.6. The van der Waals surface area contributed by atoms with Crippen molar-refractivity contribution < 1.29 is 66.4 Å². The van der Waals surface area contributed by atoms with Gasteiger partial charge in [-0.25, -0.2) is 29.9 Å². The number of carbonyl (C=O) groups excluding carboxylic acids is 6. The number of hydrogen-bond acceptors (Lipinski definition) is 21. The largest absolute Gasteiger partial charge is 0.495 e. The summed E-state index contributed by atoms with van der Waals surface area (Å²) in [5.41, 5.74) is 26.8. The number of nitrogens with zero attached hydrogens (tertiary/aromatic N) is 9. The number of para-hydroxylation sites is 8. The van der Waals surface area contributed by atoms with Gasteiger partial charge in [-0.15, -0.1) is 0 Å². The summed E-state index contributed by atoms with van der Waals surface area (Å²) in [7, 11) is 9.54. The molecule has 0 aliphatic rings. The number of nitrogen functional groups attached to an aromatic ring is 2. The first-order chi connectivity index (χ1) is 51.2. The third-order valence-electron chi connectivity index (χ3n) is 15.7. The van der Waals surface area contributed by atoms with Crippen molar-refractivity contribution in [1.29, 1.82) is 0 Å². The van der Waals surface area contributed by atoms with Crippen molar-refractivity contribution in [3.05, 3.63) is 265 Å². The monoisotopic (exact) mass is 1440 g/mol. The van der Waals surface area contributed by atoms with E-state index in [0.29, 0.717) is 102 Å². The number of rotatable bonds is 18. The highest BCUT2D eigenvalue weighted by Crippen LogP contribution is 2.31. The van der Waals surface area contributed by atoms with E-state index in [9.17, 15) is 28.8 Å². The van der Waals surface area contributed by atoms with Crippen LogP contribution in [0.5, 0.6) is 23.0 Å². The summed E-state index contributed by atoms with van der Waals surface area (Å²) < 4.78 is 26.2. The number of fused-ring (bicyclic) bond motifs is 1. The van der Waals surface area contributed by atoms with Gasteiger partial charge in [-0.3, -0.25) is 38.7 Å². The van der Waals surface area contributed by atoms with Crippen molar-refractivity contribution >= 4 is 80.7 Å². The number of hydrogen-bond donors (Lipinski definition) is 8. The molecule has 28 heteroatoms. The van der Waals surface area contributed by atoms with Gasteiger partial charge < -0.3 is 71.7 Å². The molecule has 28 nitrogen and oxygen atoms in total. The lowest BCUT2D eigenvalue weighted by Crippen LogP contribution is -2.21. The van der Waals surface area contributed by atoms with Gasteiger partial charge in [0.25, 0.3) is 29.5 Å². The zero-order chi connectivity index (χ0) is 75.4. The Morgan fingerprint density at radius 2 is 0.840 bits per heavy atom. The number of aromatic amines is 1. The predicted molar refractivity (Wildman–Crippen MR) is 424 cm³/mol. The summed E-state index contributed by atoms with van der Waals surface area (Å²) in [6, 6.07) is 53.4. The molecule has 0 atom stereocenters. The van der Waals surface area contributed by atoms with Crippen LogP contribution in [0.25, 0.3) is 56.1 Å². The van der Waals surface area contributed by atoms with Crippen LogP contribution in [0.2, 0.25) is 0 Å². The number of anilines is 6. The number of primary amides is 1. The molecule has 554 valence electrons. The Morgan fingerprint density at radius 3 is 1.28 bits per heavy atom. The number of benzene rings is 7. The lowest BCUT2D eigenvalue weighted by atomic mass is 10.1. The zero-order valence-corrected chi connectivity index (χ0v) is 58.5. The summed E-state index contributed by atoms with van der Waals surface area (Å²) in [4.78, 5) is 113. The molecule has 13 aromatic rings. The molecule has 6 amide bonds. The maximum absolute atomic E-state index is 12.8. The number of H-pyrrole nitrogens is 1. The molecule has 0 aliphatic heterocycles. The predicted octanol–water partition coefficient (Wildman–Crippen LogP) is 14.7. The fraction of sp³-hybridized carbons (Fsp3) is 0.103. The van der Waals surface area contributed by atoms with E-state index < -0.39 is 23.6 Å². The lowest BCUT2D eigenvalue weighted by Gasteiger charge is -2.12. The van der Waals surface area contributed by atoms with Crippen LogP contribution in [-0.4, -0.2) is 128 Å². The molecular weight excluding hydrogens is 1350 g/mol. The fourth-order valence-electron chi connectivity index (χ4n) is 10.2. The maximum Gasteiger partial charge on any atom is 0.278 e. The molecule has 0 fully saturated rings. The standard InChI is InChI=1S/C22H22N4O3.C20H17N5O2.C20H18N4O3.C16H14N4O3.10H2/c1-14-20(21(27)25-17-7-5-6-8-19(17)29-4)24-18(13-23-14)15-9-11-16(12-10-15)22(28)26(2)3;1-27-17-5-3-2-4-15(17)25-20(26)18-19(21)23-11-16(24-18)12-6-7-14-13(10-12)8-9-22-14;1-12-18(20(26)24-15-8-3-4-9-17(15)27-2)23-16(11-22-12)13-6-5-7-14(10-13)19(21)25;1-22-12-6-3-2-5-10(12)20-16(21)14-15(17)18-9-11(19-14)13-7-4-8-23-13;;;;;;;;;;/h5-13H,1-4H3,(H,25,27);2-11,22H,1H3,(H2,21,23)(H,25,26);3-11H,1-2H3,(H2,21,25)(H,24,26);2-9H,1H3,(H2,17,18)(H,20,21);10*1H. The van der Waals surface area contributed by atoms with Gasteiger partial charge in [0.1, 0.15) is 40.1 Å². The minimum Gasteiger partial charge on any atom is -0.495 e. The van der Waals surface area contributed by atoms with Crippen LogP contribution in [0.3, 0.4) is 0 Å². The summed E-state index contributed by atoms with van der Waals surface area (Å²) in [6.45, 7) is 3.43. The molecule has 0 aliphatic carbocycles. The van der Waals surface area contributed by atoms with Crippen LogP contribution < -0.4 is 57.4 Å². The quantitative estimate of drug-likeness (QED) is 0.0395. The Balaban J connectivity index is 0.00000148. The van der Waals surface area contributed by atoms with Crippen molar-refractivity contribution in [3.8, 4) is 68.2 Å². The highest BCUT2D eigenvalue weighted by Gasteiger charge is 2.22. The summed E-state index contributed by atoms with van der Waals surface area (Å²) in [5.74, 6) is 0.464. The molecule has 0 unspecified atom stereocenters. The van der Waals surface area contributed by atoms with Crippen molar-refractivity contribution in [1.82, 2.24) is 49.8 Å². The first-order valence-corrected chi connectivity index (χ1v) is 32.3. The summed E-state index contributed by atoms with van der Waals surface area (Å²) >= 11 is 0. The normalized spacial score (nSPS) is 10.4. The van der Waals surface area contributed by atoms with E-state index in [1.165, 1.54) is 38.7 Å². The van der Waals surface area contributed by atoms with Gasteiger partial charge >= 0.3 is 0 Å². The van der Waals surface area contributed by atoms with Crippen molar-refractivity contribution in [2.24, 2.45) is 5.73 Å². The van der Waals surface area contributed by atoms with E-state index in [2.05, 4.69) is 66.1 Å². The topological polar surface area (TPSA) is 401 Å². The summed E-state index contributed by atoms with van der Waals surface area (Å²) in [6.07, 6.45) is 9.56. The van der Waals surface area contributed by atoms with E-state index in [1.807, 2.05) is 54.7 Å². The van der Waals surface area contributed by atoms with Crippen molar-refractivity contribution in [2.45, 2.75) is 13.8 Å². The van der Waals surface area contributed by atoms with E-state index in [-0.39, 0.29) is 60.5 Å². The van der Waals surface area contributed by atoms with Crippen LogP contribution >= 0.6 is 0 Å². The number of nitrogens with two attached hydrogens (primary N) is 3. The van der Waals surface area contributed by atoms with Crippen LogP contribution in [0.1, 0.15) is 88.3 Å². The Labute approximate surface area is 622 Å². The number of ether oxygens (including phenoxy) is 4. The molecule has 0 bridgehead atoms. The molecule has 106 heavy (non-hydrogen) atoms. The zero-order valence-electron chi connectivity index (χ0n) is 58.5. The van der Waals surface area contributed by atoms with E-state index in [0.717, 1.165) is 22.0 Å². The highest BCUT2D eigenvalue weighted by atomic mass is 16.5. The molecule has 13 rings (SSSR count). The fourth-order valence-corrected chi connectivity index (χ4v) is 10.2. The van der Waals surface area contributed by atoms with Crippen LogP contribution in [0.15, 0.2) is 224 Å². The molecule has 0 saturated heterocycles. The molecule has 7 aromatic carbocycles. The van der Waals surface area contributed by atoms with Gasteiger partial charge in [0, 0.05) is 73.3 Å². The van der Waals surface area contributed by atoms with Crippen LogP contribution in [-0.2, 0) is 0 Å². The van der Waals surface area contributed by atoms with Crippen molar-refractivity contribution in [3.63, 3.8) is 0 Å². The number of aromatic nitrogens is 9. The number of nitrogens with one attached hydrogen (secondary N) is 5. The number of aryl methyl sites for hydroxylation is 2. The molecule has 0 radical (unpaired) electrons. The maximum atomic E-state index is 12.8. The lowest BCUT2D eigenvalue weighted by molar-refractivity contribution is 0.0826. The average Bonchev–Trinajstić information content (AvgIpc) is 1.37. The van der Waals surface area contributed by atoms with E-state index in [1.54, 1.807) is 187 Å². The number of amides is 6. The first kappa shape index (κ1) is 74.0. The van der Waals surface area contributed by atoms with Gasteiger partial charge in [-0.1, -0.05) is 78.9 Å². The van der Waals surface area contributed by atoms with Crippen molar-refractivity contribution in [2.75, 3.05) is 75.3 Å². The second-order valence-electron chi connectivity index (χ2n) is 23.0. The second-order valence-corrected chi connectivity index (χ2v) is 23.0. The number of furan rings is 1. The molecular formula is C78H91N17O11. The molecule has 6 heterocycles. The van der Waals surface area contributed by atoms with E-state index in [4.69, 9.17) is 40.6 Å². The average molecular weight is 1440 g/mol. The third kappa shape index (κ3) is 18.3. The Kier molecular flexibility index (Phi) is 24.1. The molecule has 6 aromatic heterocycles. The summed E-state index contributed by atoms with van der Waals surface area (Å²) in [5, 5.41) is 12.1. The van der Waals surface area contributed by atoms with E-state index >= 15 is 0 Å². The first-order valence-electron chi connectivity index (χ1n) is 32.3. The smallest absolute Gasteiger partial charge is 0.278 e. The Bertz CT molecular complexity index is 5390. The van der Waals surface area contributed by atoms with Crippen LogP contribution in [0, 0.1) is 13.8 Å². The number of carbonyl (C=O) groups is 6. The third-order valence-corrected chi connectivity index (χ3v) is 15.7. The minimum absolute atomic E-state index is 0. The molecule has 11 N–H and O–H groups in total. The molecule has 0 spiro atoms. The highest BCUT2D eigenvalue weighted by molar-refractivity contribution is 6.08. The Morgan fingerprint density at radius 1 is 0.434 bits per heavy atom. The minimum atomic E-state index is -0.536. The van der Waals surface area contributed by atoms with Gasteiger partial charge in [0.15, 0.2) is 28.8 Å². The van der Waals surface area contributed by atoms with Gasteiger partial charge in [-0.05, 0) is 117 Å². The van der Waals surface area contributed by atoms with Gasteiger partial charge in [-0.2, -0.15) is 0 Å².